The molecular weight excluding hydrogens is 228 g/mol. The summed E-state index contributed by atoms with van der Waals surface area (Å²) >= 11 is 1.27. The van der Waals surface area contributed by atoms with Crippen LogP contribution in [0.25, 0.3) is 22.2 Å². The molecule has 0 unspecified atom stereocenters. The molecule has 0 saturated heterocycles. The van der Waals surface area contributed by atoms with E-state index < -0.39 is 0 Å². The number of benzene rings is 2. The molecule has 0 fully saturated rings. The smallest absolute Gasteiger partial charge is 0.0464 e. The van der Waals surface area contributed by atoms with Crippen LogP contribution in [0.15, 0.2) is 59.5 Å². The van der Waals surface area contributed by atoms with E-state index in [0.717, 1.165) is 16.1 Å². The van der Waals surface area contributed by atoms with Gasteiger partial charge in [-0.1, -0.05) is 30.3 Å². The van der Waals surface area contributed by atoms with Gasteiger partial charge in [0.2, 0.25) is 0 Å². The molecule has 1 heterocycles. The lowest BCUT2D eigenvalue weighted by atomic mass is 10.1. The van der Waals surface area contributed by atoms with E-state index in [1.54, 1.807) is 0 Å². The Balaban J connectivity index is 2.14. The van der Waals surface area contributed by atoms with Crippen LogP contribution in [0.5, 0.6) is 0 Å². The maximum absolute atomic E-state index is 5.57. The molecule has 84 valence electrons. The SMILES string of the molecule is NSc1ccc2[nH]c(-c3ccccc3)cc2c1. The second-order valence-electron chi connectivity index (χ2n) is 3.92. The van der Waals surface area contributed by atoms with Gasteiger partial charge in [0.25, 0.3) is 0 Å². The summed E-state index contributed by atoms with van der Waals surface area (Å²) in [5.74, 6) is 0. The molecule has 0 saturated carbocycles. The molecule has 3 rings (SSSR count). The first kappa shape index (κ1) is 10.4. The van der Waals surface area contributed by atoms with Gasteiger partial charge < -0.3 is 4.98 Å². The van der Waals surface area contributed by atoms with Crippen LogP contribution < -0.4 is 5.14 Å². The van der Waals surface area contributed by atoms with Crippen molar-refractivity contribution in [2.75, 3.05) is 0 Å². The summed E-state index contributed by atoms with van der Waals surface area (Å²) in [6.07, 6.45) is 0. The van der Waals surface area contributed by atoms with Crippen molar-refractivity contribution in [3.05, 3.63) is 54.6 Å². The fraction of sp³-hybridized carbons (Fsp3) is 0. The van der Waals surface area contributed by atoms with Gasteiger partial charge in [-0.3, -0.25) is 5.14 Å². The standard InChI is InChI=1S/C14H12N2S/c15-17-12-6-7-13-11(8-12)9-14(16-13)10-4-2-1-3-5-10/h1-9,16H,15H2. The molecule has 17 heavy (non-hydrogen) atoms. The van der Waals surface area contributed by atoms with Crippen LogP contribution in [0.1, 0.15) is 0 Å². The Morgan fingerprint density at radius 2 is 1.76 bits per heavy atom. The molecule has 0 spiro atoms. The summed E-state index contributed by atoms with van der Waals surface area (Å²) in [6, 6.07) is 18.7. The Morgan fingerprint density at radius 3 is 2.53 bits per heavy atom. The topological polar surface area (TPSA) is 41.8 Å². The van der Waals surface area contributed by atoms with Crippen LogP contribution in [0.2, 0.25) is 0 Å². The van der Waals surface area contributed by atoms with E-state index in [0.29, 0.717) is 0 Å². The Kier molecular flexibility index (Phi) is 2.63. The van der Waals surface area contributed by atoms with Gasteiger partial charge >= 0.3 is 0 Å². The number of rotatable bonds is 2. The van der Waals surface area contributed by atoms with Gasteiger partial charge in [-0.2, -0.15) is 0 Å². The van der Waals surface area contributed by atoms with Gasteiger partial charge in [0.05, 0.1) is 0 Å². The number of hydrogen-bond donors (Lipinski definition) is 2. The molecule has 0 radical (unpaired) electrons. The Bertz CT molecular complexity index is 644. The van der Waals surface area contributed by atoms with Crippen molar-refractivity contribution in [2.45, 2.75) is 4.90 Å². The van der Waals surface area contributed by atoms with Crippen molar-refractivity contribution in [2.24, 2.45) is 5.14 Å². The van der Waals surface area contributed by atoms with Crippen molar-refractivity contribution < 1.29 is 0 Å². The third-order valence-electron chi connectivity index (χ3n) is 2.81. The minimum atomic E-state index is 1.08. The molecule has 2 nitrogen and oxygen atoms in total. The quantitative estimate of drug-likeness (QED) is 0.669. The fourth-order valence-corrected chi connectivity index (χ4v) is 2.30. The third kappa shape index (κ3) is 1.95. The monoisotopic (exact) mass is 240 g/mol. The summed E-state index contributed by atoms with van der Waals surface area (Å²) in [6.45, 7) is 0. The summed E-state index contributed by atoms with van der Waals surface area (Å²) in [4.78, 5) is 4.49. The first-order chi connectivity index (χ1) is 8.36. The number of nitrogens with two attached hydrogens (primary N) is 1. The average Bonchev–Trinajstić information content (AvgIpc) is 2.82. The van der Waals surface area contributed by atoms with Crippen LogP contribution in [0.4, 0.5) is 0 Å². The van der Waals surface area contributed by atoms with E-state index in [4.69, 9.17) is 5.14 Å². The van der Waals surface area contributed by atoms with E-state index in [-0.39, 0.29) is 0 Å². The van der Waals surface area contributed by atoms with Crippen LogP contribution in [0.3, 0.4) is 0 Å². The number of nitrogens with one attached hydrogen (secondary N) is 1. The number of aromatic amines is 1. The molecule has 3 aromatic rings. The van der Waals surface area contributed by atoms with Crippen molar-refractivity contribution >= 4 is 22.9 Å². The van der Waals surface area contributed by atoms with Gasteiger partial charge in [0.15, 0.2) is 0 Å². The minimum absolute atomic E-state index is 1.08. The van der Waals surface area contributed by atoms with Crippen LogP contribution >= 0.6 is 11.9 Å². The highest BCUT2D eigenvalue weighted by molar-refractivity contribution is 7.97. The van der Waals surface area contributed by atoms with Crippen molar-refractivity contribution in [1.29, 1.82) is 0 Å². The molecule has 0 aliphatic heterocycles. The highest BCUT2D eigenvalue weighted by Gasteiger charge is 2.03. The van der Waals surface area contributed by atoms with E-state index in [2.05, 4.69) is 35.3 Å². The van der Waals surface area contributed by atoms with Gasteiger partial charge in [-0.05, 0) is 41.8 Å². The van der Waals surface area contributed by atoms with Gasteiger partial charge in [-0.15, -0.1) is 0 Å². The lowest BCUT2D eigenvalue weighted by Crippen LogP contribution is -1.78. The lowest BCUT2D eigenvalue weighted by molar-refractivity contribution is 1.44. The molecule has 1 aromatic heterocycles. The van der Waals surface area contributed by atoms with Gasteiger partial charge in [0.1, 0.15) is 0 Å². The highest BCUT2D eigenvalue weighted by Crippen LogP contribution is 2.26. The zero-order valence-electron chi connectivity index (χ0n) is 9.18. The van der Waals surface area contributed by atoms with Crippen LogP contribution in [-0.2, 0) is 0 Å². The Morgan fingerprint density at radius 1 is 0.941 bits per heavy atom. The molecule has 0 aliphatic carbocycles. The molecule has 3 N–H and O–H groups in total. The highest BCUT2D eigenvalue weighted by atomic mass is 32.2. The fourth-order valence-electron chi connectivity index (χ4n) is 1.96. The maximum atomic E-state index is 5.57. The maximum Gasteiger partial charge on any atom is 0.0464 e. The largest absolute Gasteiger partial charge is 0.355 e. The summed E-state index contributed by atoms with van der Waals surface area (Å²) in [5, 5.41) is 6.76. The second kappa shape index (κ2) is 4.28. The van der Waals surface area contributed by atoms with Gasteiger partial charge in [0, 0.05) is 21.5 Å². The molecular formula is C14H12N2S. The second-order valence-corrected chi connectivity index (χ2v) is 4.62. The molecule has 0 amide bonds. The van der Waals surface area contributed by atoms with Crippen molar-refractivity contribution in [3.63, 3.8) is 0 Å². The Hall–Kier alpha value is -1.71. The third-order valence-corrected chi connectivity index (χ3v) is 3.34. The Labute approximate surface area is 104 Å². The molecule has 0 atom stereocenters. The van der Waals surface area contributed by atoms with E-state index >= 15 is 0 Å². The normalized spacial score (nSPS) is 10.9. The molecule has 2 aromatic carbocycles. The predicted molar refractivity (Wildman–Crippen MR) is 73.8 cm³/mol. The van der Waals surface area contributed by atoms with Crippen LogP contribution in [-0.4, -0.2) is 4.98 Å². The molecule has 0 aliphatic rings. The zero-order chi connectivity index (χ0) is 11.7. The van der Waals surface area contributed by atoms with E-state index in [1.807, 2.05) is 24.3 Å². The summed E-state index contributed by atoms with van der Waals surface area (Å²) in [7, 11) is 0. The predicted octanol–water partition coefficient (Wildman–Crippen LogP) is 3.80. The lowest BCUT2D eigenvalue weighted by Gasteiger charge is -1.95. The summed E-state index contributed by atoms with van der Waals surface area (Å²) in [5.41, 5.74) is 3.48. The average molecular weight is 240 g/mol. The first-order valence-electron chi connectivity index (χ1n) is 5.42. The summed E-state index contributed by atoms with van der Waals surface area (Å²) < 4.78 is 0. The van der Waals surface area contributed by atoms with Crippen LogP contribution in [0, 0.1) is 0 Å². The van der Waals surface area contributed by atoms with Gasteiger partial charge in [-0.25, -0.2) is 0 Å². The van der Waals surface area contributed by atoms with Crippen molar-refractivity contribution in [1.82, 2.24) is 4.98 Å². The molecule has 3 heteroatoms. The number of fused-ring (bicyclic) bond motifs is 1. The first-order valence-corrected chi connectivity index (χ1v) is 6.30. The van der Waals surface area contributed by atoms with E-state index in [9.17, 15) is 0 Å². The van der Waals surface area contributed by atoms with Crippen molar-refractivity contribution in [3.8, 4) is 11.3 Å². The van der Waals surface area contributed by atoms with E-state index in [1.165, 1.54) is 22.9 Å². The minimum Gasteiger partial charge on any atom is -0.355 e. The molecule has 0 bridgehead atoms. The number of hydrogen-bond acceptors (Lipinski definition) is 2. The number of H-pyrrole nitrogens is 1. The number of aromatic nitrogens is 1. The zero-order valence-corrected chi connectivity index (χ0v) is 10.00.